The minimum atomic E-state index is -0.743. The second-order valence-electron chi connectivity index (χ2n) is 6.10. The van der Waals surface area contributed by atoms with Crippen LogP contribution >= 0.6 is 0 Å². The van der Waals surface area contributed by atoms with E-state index in [1.807, 2.05) is 11.4 Å². The van der Waals surface area contributed by atoms with Gasteiger partial charge in [-0.2, -0.15) is 0 Å². The Kier molecular flexibility index (Phi) is 5.89. The Morgan fingerprint density at radius 1 is 1.41 bits per heavy atom. The molecule has 1 aromatic heterocycles. The van der Waals surface area contributed by atoms with Crippen LogP contribution in [0.1, 0.15) is 21.5 Å². The van der Waals surface area contributed by atoms with E-state index in [0.29, 0.717) is 23.4 Å². The fourth-order valence-corrected chi connectivity index (χ4v) is 2.79. The van der Waals surface area contributed by atoms with Crippen molar-refractivity contribution in [1.29, 1.82) is 0 Å². The Morgan fingerprint density at radius 3 is 2.86 bits per heavy atom. The van der Waals surface area contributed by atoms with Gasteiger partial charge in [0.05, 0.1) is 19.2 Å². The number of methoxy groups -OCH3 is 1. The fourth-order valence-electron chi connectivity index (χ4n) is 2.79. The van der Waals surface area contributed by atoms with Gasteiger partial charge in [0.2, 0.25) is 12.4 Å². The number of carbonyl (C=O) groups excluding carboxylic acids is 3. The number of fused-ring (bicyclic) bond motifs is 1. The van der Waals surface area contributed by atoms with Crippen molar-refractivity contribution in [1.82, 2.24) is 25.5 Å². The molecule has 4 amide bonds. The summed E-state index contributed by atoms with van der Waals surface area (Å²) in [6, 6.07) is 3.82. The van der Waals surface area contributed by atoms with E-state index in [1.165, 1.54) is 19.5 Å². The third-order valence-corrected chi connectivity index (χ3v) is 4.16. The van der Waals surface area contributed by atoms with E-state index in [2.05, 4.69) is 27.1 Å². The molecule has 1 aromatic carbocycles. The van der Waals surface area contributed by atoms with Gasteiger partial charge < -0.3 is 20.7 Å². The number of nitrogens with two attached hydrogens (primary N) is 1. The molecule has 0 unspecified atom stereocenters. The Hall–Kier alpha value is -4.13. The van der Waals surface area contributed by atoms with Crippen LogP contribution in [0, 0.1) is 11.8 Å². The molecule has 0 aliphatic carbocycles. The van der Waals surface area contributed by atoms with Crippen LogP contribution < -0.4 is 21.1 Å². The Labute approximate surface area is 166 Å². The number of hydrogen-bond acceptors (Lipinski definition) is 7. The maximum Gasteiger partial charge on any atom is 0.322 e. The summed E-state index contributed by atoms with van der Waals surface area (Å²) >= 11 is 0. The zero-order valence-corrected chi connectivity index (χ0v) is 15.5. The lowest BCUT2D eigenvalue weighted by Gasteiger charge is -2.20. The summed E-state index contributed by atoms with van der Waals surface area (Å²) in [6.45, 7) is 0.489. The lowest BCUT2D eigenvalue weighted by molar-refractivity contribution is -0.108. The smallest absolute Gasteiger partial charge is 0.322 e. The van der Waals surface area contributed by atoms with E-state index in [9.17, 15) is 14.4 Å². The molecule has 1 aliphatic heterocycles. The number of aromatic nitrogens is 2. The fraction of sp³-hybridized carbons (Fsp3) is 0.211. The number of nitrogens with one attached hydrogen (secondary N) is 2. The summed E-state index contributed by atoms with van der Waals surface area (Å²) in [5, 5.41) is 4.55. The van der Waals surface area contributed by atoms with Crippen LogP contribution in [0.15, 0.2) is 30.6 Å². The van der Waals surface area contributed by atoms with Crippen molar-refractivity contribution >= 4 is 24.3 Å². The number of benzene rings is 1. The van der Waals surface area contributed by atoms with Gasteiger partial charge in [0.25, 0.3) is 5.91 Å². The number of nitrogens with zero attached hydrogens (tertiary/aromatic N) is 3. The molecule has 0 saturated heterocycles. The molecule has 2 heterocycles. The Bertz CT molecular complexity index is 996. The molecule has 1 atom stereocenters. The summed E-state index contributed by atoms with van der Waals surface area (Å²) in [6.07, 6.45) is 3.15. The third kappa shape index (κ3) is 4.78. The topological polar surface area (TPSA) is 140 Å². The van der Waals surface area contributed by atoms with Crippen LogP contribution in [-0.4, -0.2) is 52.9 Å². The van der Waals surface area contributed by atoms with Crippen molar-refractivity contribution < 1.29 is 19.1 Å². The number of anilines is 1. The predicted molar refractivity (Wildman–Crippen MR) is 103 cm³/mol. The van der Waals surface area contributed by atoms with E-state index in [-0.39, 0.29) is 24.8 Å². The molecule has 1 aliphatic rings. The zero-order chi connectivity index (χ0) is 20.8. The first-order valence-corrected chi connectivity index (χ1v) is 8.56. The summed E-state index contributed by atoms with van der Waals surface area (Å²) < 4.78 is 5.17. The number of ether oxygens (including phenoxy) is 1. The number of hydrogen-bond donors (Lipinski definition) is 3. The van der Waals surface area contributed by atoms with Crippen LogP contribution in [0.2, 0.25) is 0 Å². The molecular weight excluding hydrogens is 376 g/mol. The third-order valence-electron chi connectivity index (χ3n) is 4.16. The molecule has 0 radical (unpaired) electrons. The highest BCUT2D eigenvalue weighted by atomic mass is 16.5. The van der Waals surface area contributed by atoms with E-state index in [0.717, 1.165) is 5.56 Å². The molecule has 0 spiro atoms. The summed E-state index contributed by atoms with van der Waals surface area (Å²) in [7, 11) is 1.53. The molecule has 4 N–H and O–H groups in total. The average molecular weight is 394 g/mol. The highest BCUT2D eigenvalue weighted by Crippen LogP contribution is 2.26. The van der Waals surface area contributed by atoms with Gasteiger partial charge in [-0.3, -0.25) is 14.9 Å². The van der Waals surface area contributed by atoms with E-state index in [1.54, 1.807) is 17.0 Å². The highest BCUT2D eigenvalue weighted by molar-refractivity contribution is 5.98. The second-order valence-corrected chi connectivity index (χ2v) is 6.10. The lowest BCUT2D eigenvalue weighted by Crippen LogP contribution is -2.46. The van der Waals surface area contributed by atoms with E-state index >= 15 is 0 Å². The molecule has 10 nitrogen and oxygen atoms in total. The van der Waals surface area contributed by atoms with Crippen molar-refractivity contribution in [3.63, 3.8) is 0 Å². The van der Waals surface area contributed by atoms with Crippen LogP contribution in [0.4, 0.5) is 10.7 Å². The van der Waals surface area contributed by atoms with Crippen LogP contribution in [0.25, 0.3) is 0 Å². The van der Waals surface area contributed by atoms with Crippen molar-refractivity contribution in [3.05, 3.63) is 47.3 Å². The molecule has 2 aromatic rings. The summed E-state index contributed by atoms with van der Waals surface area (Å²) in [5.74, 6) is 6.20. The molecule has 0 bridgehead atoms. The normalized spacial score (nSPS) is 13.0. The monoisotopic (exact) mass is 394 g/mol. The second kappa shape index (κ2) is 8.71. The first-order chi connectivity index (χ1) is 14.0. The van der Waals surface area contributed by atoms with Gasteiger partial charge in [-0.05, 0) is 17.7 Å². The maximum absolute atomic E-state index is 12.7. The molecule has 29 heavy (non-hydrogen) atoms. The highest BCUT2D eigenvalue weighted by Gasteiger charge is 2.29. The first-order valence-electron chi connectivity index (χ1n) is 8.56. The summed E-state index contributed by atoms with van der Waals surface area (Å²) in [5.41, 5.74) is 7.33. The number of imide groups is 1. The van der Waals surface area contributed by atoms with Gasteiger partial charge in [0.15, 0.2) is 0 Å². The van der Waals surface area contributed by atoms with Gasteiger partial charge in [-0.25, -0.2) is 14.8 Å². The lowest BCUT2D eigenvalue weighted by atomic mass is 10.1. The number of carbonyl (C=O) groups is 3. The Balaban J connectivity index is 1.78. The molecular formula is C19H18N6O4. The first kappa shape index (κ1) is 19.6. The standard InChI is InChI=1S/C19H18N6O4/c1-29-15-5-3-13-9-25(17(27)16(13)6-15)10-14(24-19(28)23-11-26)4-2-12-7-21-18(20)22-8-12/h3,5-8,11,14H,9-10H2,1H3,(H2,20,21,22)(H2,23,24,26,28)/t14-/m1/s1. The van der Waals surface area contributed by atoms with Crippen molar-refractivity contribution in [2.24, 2.45) is 0 Å². The van der Waals surface area contributed by atoms with Crippen molar-refractivity contribution in [3.8, 4) is 17.6 Å². The van der Waals surface area contributed by atoms with E-state index < -0.39 is 12.1 Å². The number of nitrogen functional groups attached to an aromatic ring is 1. The van der Waals surface area contributed by atoms with Gasteiger partial charge in [-0.15, -0.1) is 0 Å². The number of amides is 4. The minimum absolute atomic E-state index is 0.116. The quantitative estimate of drug-likeness (QED) is 0.475. The average Bonchev–Trinajstić information content (AvgIpc) is 3.02. The van der Waals surface area contributed by atoms with Crippen LogP contribution in [0.3, 0.4) is 0 Å². The van der Waals surface area contributed by atoms with E-state index in [4.69, 9.17) is 10.5 Å². The number of rotatable bonds is 5. The van der Waals surface area contributed by atoms with Crippen LogP contribution in [0.5, 0.6) is 5.75 Å². The molecule has 148 valence electrons. The minimum Gasteiger partial charge on any atom is -0.497 e. The summed E-state index contributed by atoms with van der Waals surface area (Å²) in [4.78, 5) is 44.3. The number of urea groups is 1. The van der Waals surface area contributed by atoms with Crippen molar-refractivity contribution in [2.45, 2.75) is 12.6 Å². The SMILES string of the molecule is COc1ccc2c(c1)C(=O)N(C[C@@H](C#Cc1cnc(N)nc1)NC(=O)NC=O)C2. The maximum atomic E-state index is 12.7. The molecule has 10 heteroatoms. The zero-order valence-electron chi connectivity index (χ0n) is 15.5. The Morgan fingerprint density at radius 2 is 2.17 bits per heavy atom. The van der Waals surface area contributed by atoms with Gasteiger partial charge in [0, 0.05) is 24.5 Å². The largest absolute Gasteiger partial charge is 0.497 e. The van der Waals surface area contributed by atoms with Crippen LogP contribution in [-0.2, 0) is 11.3 Å². The molecule has 3 rings (SSSR count). The van der Waals surface area contributed by atoms with Gasteiger partial charge >= 0.3 is 6.03 Å². The predicted octanol–water partition coefficient (Wildman–Crippen LogP) is -0.101. The van der Waals surface area contributed by atoms with Crippen molar-refractivity contribution in [2.75, 3.05) is 19.4 Å². The van der Waals surface area contributed by atoms with Gasteiger partial charge in [0.1, 0.15) is 11.8 Å². The molecule has 0 saturated carbocycles. The molecule has 0 fully saturated rings. The van der Waals surface area contributed by atoms with Gasteiger partial charge in [-0.1, -0.05) is 17.9 Å².